The molecule has 0 saturated carbocycles. The number of nitriles is 1. The van der Waals surface area contributed by atoms with E-state index in [0.29, 0.717) is 17.4 Å². The van der Waals surface area contributed by atoms with Gasteiger partial charge in [0.25, 0.3) is 5.91 Å². The monoisotopic (exact) mass is 537 g/mol. The Morgan fingerprint density at radius 2 is 1.77 bits per heavy atom. The zero-order valence-electron chi connectivity index (χ0n) is 20.9. The summed E-state index contributed by atoms with van der Waals surface area (Å²) in [5.74, 6) is -1.27. The number of alkyl halides is 3. The molecule has 6 nitrogen and oxygen atoms in total. The minimum Gasteiger partial charge on any atom is -0.497 e. The number of benzene rings is 3. The Hall–Kier alpha value is -4.62. The molecule has 10 heteroatoms. The molecule has 1 atom stereocenters. The van der Waals surface area contributed by atoms with E-state index in [1.807, 2.05) is 6.07 Å². The molecule has 1 unspecified atom stereocenters. The second-order valence-corrected chi connectivity index (χ2v) is 8.61. The van der Waals surface area contributed by atoms with E-state index >= 15 is 0 Å². The lowest BCUT2D eigenvalue weighted by atomic mass is 10.0. The highest BCUT2D eigenvalue weighted by Gasteiger charge is 2.37. The number of aromatic nitrogens is 1. The van der Waals surface area contributed by atoms with Gasteiger partial charge in [-0.2, -0.15) is 18.4 Å². The van der Waals surface area contributed by atoms with Crippen LogP contribution in [0, 0.1) is 17.1 Å². The van der Waals surface area contributed by atoms with E-state index in [4.69, 9.17) is 4.74 Å². The van der Waals surface area contributed by atoms with E-state index < -0.39 is 35.3 Å². The lowest BCUT2D eigenvalue weighted by Crippen LogP contribution is -2.18. The molecule has 39 heavy (non-hydrogen) atoms. The van der Waals surface area contributed by atoms with Crippen LogP contribution in [0.1, 0.15) is 51.5 Å². The van der Waals surface area contributed by atoms with E-state index in [9.17, 15) is 32.7 Å². The van der Waals surface area contributed by atoms with Crippen LogP contribution < -0.4 is 10.1 Å². The predicted octanol–water partition coefficient (Wildman–Crippen LogP) is 6.41. The number of hydrogen-bond acceptors (Lipinski definition) is 4. The number of carbonyl (C=O) groups is 1. The molecular formula is C29H23F4N3O3. The standard InChI is InChI=1S/C29H23F4N3O3/c1-3-25-22(29(31,32)33)15-26(36(25)20-6-4-5-17(13-20)16-34)28(38)35-24-14-19(9-12-23(24)30)27(37)18-7-10-21(39-2)11-8-18/h4-15,27,37H,3H2,1-2H3,(H,35,38). The maximum Gasteiger partial charge on any atom is 0.418 e. The number of rotatable bonds is 7. The van der Waals surface area contributed by atoms with Crippen LogP contribution in [0.2, 0.25) is 0 Å². The lowest BCUT2D eigenvalue weighted by molar-refractivity contribution is -0.138. The molecule has 1 heterocycles. The highest BCUT2D eigenvalue weighted by molar-refractivity contribution is 6.04. The van der Waals surface area contributed by atoms with Gasteiger partial charge in [0.1, 0.15) is 23.4 Å². The second kappa shape index (κ2) is 11.0. The number of anilines is 1. The van der Waals surface area contributed by atoms with E-state index in [-0.39, 0.29) is 34.6 Å². The van der Waals surface area contributed by atoms with Crippen LogP contribution in [0.3, 0.4) is 0 Å². The van der Waals surface area contributed by atoms with Crippen LogP contribution in [-0.2, 0) is 12.6 Å². The van der Waals surface area contributed by atoms with Gasteiger partial charge in [0.15, 0.2) is 0 Å². The first-order valence-corrected chi connectivity index (χ1v) is 11.8. The third kappa shape index (κ3) is 5.63. The lowest BCUT2D eigenvalue weighted by Gasteiger charge is -2.16. The first-order valence-electron chi connectivity index (χ1n) is 11.8. The summed E-state index contributed by atoms with van der Waals surface area (Å²) in [4.78, 5) is 13.3. The van der Waals surface area contributed by atoms with E-state index in [0.717, 1.165) is 10.6 Å². The van der Waals surface area contributed by atoms with Crippen LogP contribution in [-0.4, -0.2) is 22.7 Å². The normalized spacial score (nSPS) is 12.1. The largest absolute Gasteiger partial charge is 0.497 e. The van der Waals surface area contributed by atoms with Crippen LogP contribution in [0.4, 0.5) is 23.2 Å². The Morgan fingerprint density at radius 1 is 1.08 bits per heavy atom. The number of aliphatic hydroxyl groups excluding tert-OH is 1. The molecule has 0 saturated heterocycles. The van der Waals surface area contributed by atoms with Crippen molar-refractivity contribution in [3.05, 3.63) is 112 Å². The summed E-state index contributed by atoms with van der Waals surface area (Å²) in [5.41, 5.74) is -0.823. The summed E-state index contributed by atoms with van der Waals surface area (Å²) in [6.45, 7) is 1.51. The molecular weight excluding hydrogens is 514 g/mol. The number of aliphatic hydroxyl groups is 1. The third-order valence-electron chi connectivity index (χ3n) is 6.20. The van der Waals surface area contributed by atoms with Crippen molar-refractivity contribution in [3.63, 3.8) is 0 Å². The molecule has 3 aromatic carbocycles. The summed E-state index contributed by atoms with van der Waals surface area (Å²) >= 11 is 0. The van der Waals surface area contributed by atoms with Gasteiger partial charge in [-0.1, -0.05) is 31.2 Å². The number of nitrogens with one attached hydrogen (secondary N) is 1. The van der Waals surface area contributed by atoms with Gasteiger partial charge in [0.2, 0.25) is 0 Å². The number of halogens is 4. The molecule has 1 aromatic heterocycles. The van der Waals surface area contributed by atoms with Gasteiger partial charge in [-0.05, 0) is 66.1 Å². The molecule has 0 radical (unpaired) electrons. The summed E-state index contributed by atoms with van der Waals surface area (Å²) in [6.07, 6.45) is -6.00. The average Bonchev–Trinajstić information content (AvgIpc) is 3.34. The van der Waals surface area contributed by atoms with Crippen molar-refractivity contribution in [1.29, 1.82) is 5.26 Å². The Kier molecular flexibility index (Phi) is 7.74. The number of ether oxygens (including phenoxy) is 1. The third-order valence-corrected chi connectivity index (χ3v) is 6.20. The fourth-order valence-corrected chi connectivity index (χ4v) is 4.29. The highest BCUT2D eigenvalue weighted by atomic mass is 19.4. The van der Waals surface area contributed by atoms with Gasteiger partial charge in [-0.15, -0.1) is 0 Å². The van der Waals surface area contributed by atoms with Crippen LogP contribution in [0.15, 0.2) is 72.8 Å². The van der Waals surface area contributed by atoms with Crippen LogP contribution in [0.25, 0.3) is 5.69 Å². The highest BCUT2D eigenvalue weighted by Crippen LogP contribution is 2.36. The number of amides is 1. The molecule has 200 valence electrons. The van der Waals surface area contributed by atoms with Crippen molar-refractivity contribution in [2.45, 2.75) is 25.6 Å². The van der Waals surface area contributed by atoms with Gasteiger partial charge in [-0.3, -0.25) is 4.79 Å². The molecule has 4 rings (SSSR count). The van der Waals surface area contributed by atoms with E-state index in [1.54, 1.807) is 24.3 Å². The maximum atomic E-state index is 14.7. The minimum absolute atomic E-state index is 0.0726. The van der Waals surface area contributed by atoms with E-state index in [2.05, 4.69) is 5.32 Å². The zero-order valence-corrected chi connectivity index (χ0v) is 20.9. The molecule has 2 N–H and O–H groups in total. The van der Waals surface area contributed by atoms with Gasteiger partial charge in [-0.25, -0.2) is 4.39 Å². The fraction of sp³-hybridized carbons (Fsp3) is 0.172. The van der Waals surface area contributed by atoms with Crippen molar-refractivity contribution in [1.82, 2.24) is 4.57 Å². The Bertz CT molecular complexity index is 1550. The van der Waals surface area contributed by atoms with Crippen molar-refractivity contribution in [2.75, 3.05) is 12.4 Å². The van der Waals surface area contributed by atoms with Crippen molar-refractivity contribution in [2.24, 2.45) is 0 Å². The molecule has 0 aliphatic heterocycles. The van der Waals surface area contributed by atoms with Crippen LogP contribution >= 0.6 is 0 Å². The first-order chi connectivity index (χ1) is 18.6. The number of hydrogen-bond donors (Lipinski definition) is 2. The Morgan fingerprint density at radius 3 is 2.38 bits per heavy atom. The average molecular weight is 538 g/mol. The molecule has 4 aromatic rings. The SMILES string of the molecule is CCc1c(C(F)(F)F)cc(C(=O)Nc2cc(C(O)c3ccc(OC)cc3)ccc2F)n1-c1cccc(C#N)c1. The van der Waals surface area contributed by atoms with Crippen LogP contribution in [0.5, 0.6) is 5.75 Å². The molecule has 0 spiro atoms. The molecule has 0 bridgehead atoms. The second-order valence-electron chi connectivity index (χ2n) is 8.61. The van der Waals surface area contributed by atoms with Gasteiger partial charge < -0.3 is 19.7 Å². The van der Waals surface area contributed by atoms with Crippen molar-refractivity contribution >= 4 is 11.6 Å². The summed E-state index contributed by atoms with van der Waals surface area (Å²) < 4.78 is 62.7. The molecule has 0 fully saturated rings. The molecule has 1 amide bonds. The number of methoxy groups -OCH3 is 1. The number of carbonyl (C=O) groups excluding carboxylic acids is 1. The number of nitrogens with zero attached hydrogens (tertiary/aromatic N) is 2. The predicted molar refractivity (Wildman–Crippen MR) is 136 cm³/mol. The topological polar surface area (TPSA) is 87.3 Å². The zero-order chi connectivity index (χ0) is 28.3. The molecule has 0 aliphatic rings. The Balaban J connectivity index is 1.75. The molecule has 0 aliphatic carbocycles. The summed E-state index contributed by atoms with van der Waals surface area (Å²) in [6, 6.07) is 18.6. The minimum atomic E-state index is -4.76. The first kappa shape index (κ1) is 27.4. The Labute approximate surface area is 221 Å². The summed E-state index contributed by atoms with van der Waals surface area (Å²) in [5, 5.41) is 22.4. The van der Waals surface area contributed by atoms with Gasteiger partial charge >= 0.3 is 6.18 Å². The van der Waals surface area contributed by atoms with Crippen molar-refractivity contribution < 1.29 is 32.2 Å². The van der Waals surface area contributed by atoms with Gasteiger partial charge in [0, 0.05) is 11.4 Å². The van der Waals surface area contributed by atoms with Crippen molar-refractivity contribution in [3.8, 4) is 17.5 Å². The van der Waals surface area contributed by atoms with Gasteiger partial charge in [0.05, 0.1) is 30.0 Å². The maximum absolute atomic E-state index is 14.7. The summed E-state index contributed by atoms with van der Waals surface area (Å²) in [7, 11) is 1.50. The quantitative estimate of drug-likeness (QED) is 0.267. The smallest absolute Gasteiger partial charge is 0.418 e. The van der Waals surface area contributed by atoms with E-state index in [1.165, 1.54) is 50.4 Å². The fourth-order valence-electron chi connectivity index (χ4n) is 4.29.